The summed E-state index contributed by atoms with van der Waals surface area (Å²) in [7, 11) is 0. The molecule has 0 radical (unpaired) electrons. The number of aliphatic hydroxyl groups is 2. The standard InChI is InChI=1S/C11H15NO2/c13-10-7-12-9(11(10)14)6-8-4-2-1-3-5-8/h1-5,9-14H,6-7H2/p+1/t9-,10+,11+/m1/s1. The van der Waals surface area contributed by atoms with Gasteiger partial charge in [0.15, 0.2) is 0 Å². The van der Waals surface area contributed by atoms with Gasteiger partial charge in [-0.15, -0.1) is 0 Å². The third-order valence-corrected chi connectivity index (χ3v) is 2.83. The van der Waals surface area contributed by atoms with Gasteiger partial charge in [-0.1, -0.05) is 30.3 Å². The second-order valence-corrected chi connectivity index (χ2v) is 3.88. The van der Waals surface area contributed by atoms with Gasteiger partial charge >= 0.3 is 0 Å². The molecule has 0 spiro atoms. The Balaban J connectivity index is 1.99. The molecule has 0 unspecified atom stereocenters. The van der Waals surface area contributed by atoms with E-state index in [0.29, 0.717) is 6.54 Å². The minimum Gasteiger partial charge on any atom is -0.384 e. The van der Waals surface area contributed by atoms with Crippen molar-refractivity contribution in [3.8, 4) is 0 Å². The molecule has 0 aliphatic carbocycles. The Kier molecular flexibility index (Phi) is 2.82. The molecule has 3 atom stereocenters. The predicted octanol–water partition coefficient (Wildman–Crippen LogP) is -1.10. The Labute approximate surface area is 83.4 Å². The lowest BCUT2D eigenvalue weighted by Crippen LogP contribution is -2.88. The lowest BCUT2D eigenvalue weighted by atomic mass is 10.0. The molecule has 1 saturated heterocycles. The summed E-state index contributed by atoms with van der Waals surface area (Å²) in [6, 6.07) is 10.2. The van der Waals surface area contributed by atoms with Crippen LogP contribution in [0.3, 0.4) is 0 Å². The maximum atomic E-state index is 9.64. The molecule has 0 amide bonds. The van der Waals surface area contributed by atoms with E-state index in [1.54, 1.807) is 0 Å². The highest BCUT2D eigenvalue weighted by molar-refractivity contribution is 5.16. The van der Waals surface area contributed by atoms with Crippen molar-refractivity contribution in [2.75, 3.05) is 6.54 Å². The van der Waals surface area contributed by atoms with Crippen molar-refractivity contribution in [1.82, 2.24) is 0 Å². The summed E-state index contributed by atoms with van der Waals surface area (Å²) in [5.41, 5.74) is 1.21. The van der Waals surface area contributed by atoms with Crippen molar-refractivity contribution in [2.45, 2.75) is 24.7 Å². The third-order valence-electron chi connectivity index (χ3n) is 2.83. The molecule has 0 aromatic heterocycles. The van der Waals surface area contributed by atoms with Crippen LogP contribution in [-0.2, 0) is 6.42 Å². The first-order valence-corrected chi connectivity index (χ1v) is 5.01. The van der Waals surface area contributed by atoms with Crippen LogP contribution in [0.2, 0.25) is 0 Å². The largest absolute Gasteiger partial charge is 0.384 e. The zero-order valence-electron chi connectivity index (χ0n) is 8.00. The smallest absolute Gasteiger partial charge is 0.137 e. The van der Waals surface area contributed by atoms with Gasteiger partial charge in [0.1, 0.15) is 24.8 Å². The molecule has 14 heavy (non-hydrogen) atoms. The Morgan fingerprint density at radius 1 is 1.21 bits per heavy atom. The van der Waals surface area contributed by atoms with E-state index in [9.17, 15) is 10.2 Å². The summed E-state index contributed by atoms with van der Waals surface area (Å²) in [6.45, 7) is 0.610. The topological polar surface area (TPSA) is 57.1 Å². The van der Waals surface area contributed by atoms with Gasteiger partial charge < -0.3 is 15.5 Å². The lowest BCUT2D eigenvalue weighted by molar-refractivity contribution is -0.674. The van der Waals surface area contributed by atoms with Crippen LogP contribution < -0.4 is 5.32 Å². The molecule has 1 fully saturated rings. The van der Waals surface area contributed by atoms with Crippen LogP contribution in [-0.4, -0.2) is 35.0 Å². The Morgan fingerprint density at radius 3 is 2.50 bits per heavy atom. The number of hydrogen-bond donors (Lipinski definition) is 3. The maximum Gasteiger partial charge on any atom is 0.137 e. The Hall–Kier alpha value is -0.900. The molecular formula is C11H16NO2+. The molecule has 0 bridgehead atoms. The molecule has 1 aromatic carbocycles. The van der Waals surface area contributed by atoms with Gasteiger partial charge in [-0.3, -0.25) is 0 Å². The average molecular weight is 194 g/mol. The molecule has 4 N–H and O–H groups in total. The highest BCUT2D eigenvalue weighted by Gasteiger charge is 2.36. The number of hydrogen-bond acceptors (Lipinski definition) is 2. The fourth-order valence-electron chi connectivity index (χ4n) is 1.97. The molecule has 0 saturated carbocycles. The van der Waals surface area contributed by atoms with E-state index in [1.165, 1.54) is 5.56 Å². The number of quaternary nitrogens is 1. The minimum atomic E-state index is -0.588. The Morgan fingerprint density at radius 2 is 1.93 bits per heavy atom. The molecule has 76 valence electrons. The van der Waals surface area contributed by atoms with Gasteiger partial charge in [0.2, 0.25) is 0 Å². The van der Waals surface area contributed by atoms with E-state index >= 15 is 0 Å². The van der Waals surface area contributed by atoms with Crippen molar-refractivity contribution >= 4 is 0 Å². The molecular weight excluding hydrogens is 178 g/mol. The maximum absolute atomic E-state index is 9.64. The van der Waals surface area contributed by atoms with Crippen molar-refractivity contribution in [2.24, 2.45) is 0 Å². The second-order valence-electron chi connectivity index (χ2n) is 3.88. The summed E-state index contributed by atoms with van der Waals surface area (Å²) in [4.78, 5) is 0. The predicted molar refractivity (Wildman–Crippen MR) is 52.7 cm³/mol. The monoisotopic (exact) mass is 194 g/mol. The van der Waals surface area contributed by atoms with Crippen molar-refractivity contribution in [3.05, 3.63) is 35.9 Å². The molecule has 1 aliphatic rings. The summed E-state index contributed by atoms with van der Waals surface area (Å²) in [5, 5.41) is 21.0. The highest BCUT2D eigenvalue weighted by atomic mass is 16.3. The van der Waals surface area contributed by atoms with Gasteiger partial charge in [-0.2, -0.15) is 0 Å². The van der Waals surface area contributed by atoms with Crippen LogP contribution in [0.25, 0.3) is 0 Å². The van der Waals surface area contributed by atoms with Gasteiger partial charge in [-0.05, 0) is 5.56 Å². The number of aliphatic hydroxyl groups excluding tert-OH is 2. The minimum absolute atomic E-state index is 0.104. The molecule has 1 aromatic rings. The van der Waals surface area contributed by atoms with Crippen LogP contribution in [0.4, 0.5) is 0 Å². The van der Waals surface area contributed by atoms with Crippen molar-refractivity contribution in [1.29, 1.82) is 0 Å². The molecule has 2 rings (SSSR count). The quantitative estimate of drug-likeness (QED) is 0.559. The lowest BCUT2D eigenvalue weighted by Gasteiger charge is -2.12. The van der Waals surface area contributed by atoms with Crippen molar-refractivity contribution < 1.29 is 15.5 Å². The van der Waals surface area contributed by atoms with Crippen LogP contribution in [0.1, 0.15) is 5.56 Å². The molecule has 3 heteroatoms. The number of nitrogens with two attached hydrogens (primary N) is 1. The van der Waals surface area contributed by atoms with Crippen LogP contribution in [0.5, 0.6) is 0 Å². The highest BCUT2D eigenvalue weighted by Crippen LogP contribution is 2.08. The summed E-state index contributed by atoms with van der Waals surface area (Å²) < 4.78 is 0. The van der Waals surface area contributed by atoms with Gasteiger partial charge in [0.05, 0.1) is 0 Å². The fourth-order valence-corrected chi connectivity index (χ4v) is 1.97. The second kappa shape index (κ2) is 4.09. The summed E-state index contributed by atoms with van der Waals surface area (Å²) >= 11 is 0. The van der Waals surface area contributed by atoms with E-state index < -0.39 is 12.2 Å². The third kappa shape index (κ3) is 1.95. The van der Waals surface area contributed by atoms with E-state index in [2.05, 4.69) is 0 Å². The van der Waals surface area contributed by atoms with Gasteiger partial charge in [0.25, 0.3) is 0 Å². The van der Waals surface area contributed by atoms with E-state index in [4.69, 9.17) is 0 Å². The van der Waals surface area contributed by atoms with E-state index in [0.717, 1.165) is 6.42 Å². The molecule has 1 heterocycles. The van der Waals surface area contributed by atoms with E-state index in [1.807, 2.05) is 35.6 Å². The zero-order valence-corrected chi connectivity index (χ0v) is 8.00. The van der Waals surface area contributed by atoms with Gasteiger partial charge in [-0.25, -0.2) is 0 Å². The summed E-state index contributed by atoms with van der Waals surface area (Å²) in [5.74, 6) is 0. The van der Waals surface area contributed by atoms with Crippen LogP contribution >= 0.6 is 0 Å². The summed E-state index contributed by atoms with van der Waals surface area (Å²) in [6.07, 6.45) is -0.335. The number of benzene rings is 1. The first kappa shape index (κ1) is 9.65. The zero-order chi connectivity index (χ0) is 9.97. The SMILES string of the molecule is O[C@@H]1[C@@H](O)C[NH2+][C@@H]1Cc1ccccc1. The first-order chi connectivity index (χ1) is 6.77. The fraction of sp³-hybridized carbons (Fsp3) is 0.455. The van der Waals surface area contributed by atoms with Crippen LogP contribution in [0, 0.1) is 0 Å². The normalized spacial score (nSPS) is 32.0. The average Bonchev–Trinajstić information content (AvgIpc) is 2.52. The molecule has 3 nitrogen and oxygen atoms in total. The van der Waals surface area contributed by atoms with E-state index in [-0.39, 0.29) is 6.04 Å². The van der Waals surface area contributed by atoms with Crippen LogP contribution in [0.15, 0.2) is 30.3 Å². The van der Waals surface area contributed by atoms with Crippen molar-refractivity contribution in [3.63, 3.8) is 0 Å². The number of rotatable bonds is 2. The molecule has 1 aliphatic heterocycles. The first-order valence-electron chi connectivity index (χ1n) is 5.01. The Bertz CT molecular complexity index is 289. The van der Waals surface area contributed by atoms with Gasteiger partial charge in [0, 0.05) is 6.42 Å².